The van der Waals surface area contributed by atoms with E-state index in [2.05, 4.69) is 0 Å². The topological polar surface area (TPSA) is 83.7 Å². The third-order valence-electron chi connectivity index (χ3n) is 5.01. The van der Waals surface area contributed by atoms with Crippen LogP contribution in [0.4, 0.5) is 0 Å². The van der Waals surface area contributed by atoms with Gasteiger partial charge >= 0.3 is 0 Å². The van der Waals surface area contributed by atoms with Crippen LogP contribution < -0.4 is 5.73 Å². The van der Waals surface area contributed by atoms with Crippen molar-refractivity contribution in [1.29, 1.82) is 0 Å². The molecule has 2 N–H and O–H groups in total. The van der Waals surface area contributed by atoms with Gasteiger partial charge in [-0.3, -0.25) is 4.79 Å². The van der Waals surface area contributed by atoms with Crippen LogP contribution in [0.3, 0.4) is 0 Å². The van der Waals surface area contributed by atoms with Crippen molar-refractivity contribution in [2.24, 2.45) is 11.1 Å². The van der Waals surface area contributed by atoms with Gasteiger partial charge in [-0.15, -0.1) is 0 Å². The van der Waals surface area contributed by atoms with E-state index in [0.29, 0.717) is 25.2 Å². The van der Waals surface area contributed by atoms with E-state index in [-0.39, 0.29) is 22.3 Å². The second-order valence-electron chi connectivity index (χ2n) is 8.01. The Morgan fingerprint density at radius 3 is 2.42 bits per heavy atom. The van der Waals surface area contributed by atoms with Gasteiger partial charge < -0.3 is 10.6 Å². The number of nitrogens with zero attached hydrogens (tertiary/aromatic N) is 2. The predicted molar refractivity (Wildman–Crippen MR) is 103 cm³/mol. The number of rotatable bonds is 6. The lowest BCUT2D eigenvalue weighted by molar-refractivity contribution is 0.0740. The molecular formula is C19H31N3O3S. The van der Waals surface area contributed by atoms with Gasteiger partial charge in [-0.1, -0.05) is 20.3 Å². The Hall–Kier alpha value is -1.44. The van der Waals surface area contributed by atoms with Crippen molar-refractivity contribution in [2.75, 3.05) is 26.7 Å². The molecule has 0 bridgehead atoms. The first-order chi connectivity index (χ1) is 12.1. The van der Waals surface area contributed by atoms with E-state index in [1.54, 1.807) is 28.4 Å². The molecule has 1 aliphatic heterocycles. The molecule has 7 heteroatoms. The third kappa shape index (κ3) is 4.64. The van der Waals surface area contributed by atoms with Gasteiger partial charge in [0, 0.05) is 31.7 Å². The zero-order valence-corrected chi connectivity index (χ0v) is 17.1. The van der Waals surface area contributed by atoms with Crippen molar-refractivity contribution in [1.82, 2.24) is 9.21 Å². The van der Waals surface area contributed by atoms with Crippen LogP contribution in [0, 0.1) is 5.41 Å². The molecule has 0 radical (unpaired) electrons. The van der Waals surface area contributed by atoms with Crippen molar-refractivity contribution in [3.05, 3.63) is 29.8 Å². The Labute approximate surface area is 157 Å². The van der Waals surface area contributed by atoms with Crippen molar-refractivity contribution in [3.63, 3.8) is 0 Å². The summed E-state index contributed by atoms with van der Waals surface area (Å²) in [4.78, 5) is 14.4. The van der Waals surface area contributed by atoms with E-state index in [9.17, 15) is 13.2 Å². The SMILES string of the molecule is CC1CCCCN1S(=O)(=O)c1ccc(C(=O)N(C)CC(C)(C)CN)cc1. The number of carbonyl (C=O) groups is 1. The van der Waals surface area contributed by atoms with Gasteiger partial charge in [-0.25, -0.2) is 8.42 Å². The van der Waals surface area contributed by atoms with E-state index in [4.69, 9.17) is 5.73 Å². The second kappa shape index (κ2) is 8.06. The van der Waals surface area contributed by atoms with Gasteiger partial charge in [0.05, 0.1) is 4.90 Å². The minimum absolute atomic E-state index is 0.0136. The van der Waals surface area contributed by atoms with Crippen LogP contribution >= 0.6 is 0 Å². The minimum atomic E-state index is -3.51. The fourth-order valence-corrected chi connectivity index (χ4v) is 5.03. The zero-order valence-electron chi connectivity index (χ0n) is 16.2. The number of benzene rings is 1. The van der Waals surface area contributed by atoms with Crippen molar-refractivity contribution in [3.8, 4) is 0 Å². The fraction of sp³-hybridized carbons (Fsp3) is 0.632. The molecule has 146 valence electrons. The van der Waals surface area contributed by atoms with Gasteiger partial charge in [0.1, 0.15) is 0 Å². The van der Waals surface area contributed by atoms with Gasteiger partial charge in [0.25, 0.3) is 5.91 Å². The maximum atomic E-state index is 12.9. The van der Waals surface area contributed by atoms with Crippen LogP contribution in [-0.2, 0) is 10.0 Å². The largest absolute Gasteiger partial charge is 0.341 e. The van der Waals surface area contributed by atoms with E-state index in [1.165, 1.54) is 12.1 Å². The predicted octanol–water partition coefficient (Wildman–Crippen LogP) is 2.31. The van der Waals surface area contributed by atoms with Crippen LogP contribution in [0.25, 0.3) is 0 Å². The molecule has 1 aliphatic rings. The molecule has 1 aromatic rings. The highest BCUT2D eigenvalue weighted by molar-refractivity contribution is 7.89. The van der Waals surface area contributed by atoms with Crippen LogP contribution in [-0.4, -0.2) is 56.3 Å². The number of carbonyl (C=O) groups excluding carboxylic acids is 1. The molecule has 1 atom stereocenters. The van der Waals surface area contributed by atoms with Crippen molar-refractivity contribution < 1.29 is 13.2 Å². The molecule has 1 amide bonds. The first kappa shape index (κ1) is 20.9. The van der Waals surface area contributed by atoms with E-state index in [0.717, 1.165) is 19.3 Å². The number of amides is 1. The van der Waals surface area contributed by atoms with Crippen LogP contribution in [0.5, 0.6) is 0 Å². The first-order valence-corrected chi connectivity index (χ1v) is 10.6. The molecule has 1 fully saturated rings. The van der Waals surface area contributed by atoms with E-state index >= 15 is 0 Å². The molecule has 2 rings (SSSR count). The summed E-state index contributed by atoms with van der Waals surface area (Å²) in [6.45, 7) is 7.53. The lowest BCUT2D eigenvalue weighted by Crippen LogP contribution is -2.42. The molecule has 1 heterocycles. The highest BCUT2D eigenvalue weighted by atomic mass is 32.2. The maximum absolute atomic E-state index is 12.9. The lowest BCUT2D eigenvalue weighted by Gasteiger charge is -2.32. The maximum Gasteiger partial charge on any atom is 0.253 e. The minimum Gasteiger partial charge on any atom is -0.341 e. The Kier molecular flexibility index (Phi) is 6.47. The Morgan fingerprint density at radius 2 is 1.88 bits per heavy atom. The summed E-state index contributed by atoms with van der Waals surface area (Å²) >= 11 is 0. The molecule has 26 heavy (non-hydrogen) atoms. The van der Waals surface area contributed by atoms with Gasteiger partial charge in [0.15, 0.2) is 0 Å². The summed E-state index contributed by atoms with van der Waals surface area (Å²) in [7, 11) is -1.78. The number of nitrogens with two attached hydrogens (primary N) is 1. The summed E-state index contributed by atoms with van der Waals surface area (Å²) in [5.41, 5.74) is 6.04. The second-order valence-corrected chi connectivity index (χ2v) is 9.91. The number of hydrogen-bond donors (Lipinski definition) is 1. The quantitative estimate of drug-likeness (QED) is 0.819. The third-order valence-corrected chi connectivity index (χ3v) is 7.04. The molecule has 0 aliphatic carbocycles. The van der Waals surface area contributed by atoms with Gasteiger partial charge in [-0.2, -0.15) is 4.31 Å². The van der Waals surface area contributed by atoms with E-state index in [1.807, 2.05) is 20.8 Å². The van der Waals surface area contributed by atoms with Crippen molar-refractivity contribution >= 4 is 15.9 Å². The summed E-state index contributed by atoms with van der Waals surface area (Å²) in [6.07, 6.45) is 2.84. The van der Waals surface area contributed by atoms with Crippen molar-refractivity contribution in [2.45, 2.75) is 51.0 Å². The average Bonchev–Trinajstić information content (AvgIpc) is 2.61. The monoisotopic (exact) mass is 381 g/mol. The first-order valence-electron chi connectivity index (χ1n) is 9.16. The molecule has 0 aromatic heterocycles. The number of hydrogen-bond acceptors (Lipinski definition) is 4. The number of sulfonamides is 1. The van der Waals surface area contributed by atoms with Gasteiger partial charge in [-0.05, 0) is 56.0 Å². The van der Waals surface area contributed by atoms with Crippen LogP contribution in [0.15, 0.2) is 29.2 Å². The van der Waals surface area contributed by atoms with Crippen LogP contribution in [0.2, 0.25) is 0 Å². The standard InChI is InChI=1S/C19H31N3O3S/c1-15-7-5-6-12-22(15)26(24,25)17-10-8-16(9-11-17)18(23)21(4)14-19(2,3)13-20/h8-11,15H,5-7,12-14,20H2,1-4H3. The summed E-state index contributed by atoms with van der Waals surface area (Å²) < 4.78 is 27.3. The summed E-state index contributed by atoms with van der Waals surface area (Å²) in [5, 5.41) is 0. The summed E-state index contributed by atoms with van der Waals surface area (Å²) in [5.74, 6) is -0.137. The smallest absolute Gasteiger partial charge is 0.253 e. The molecule has 0 saturated carbocycles. The average molecular weight is 382 g/mol. The highest BCUT2D eigenvalue weighted by Gasteiger charge is 2.31. The van der Waals surface area contributed by atoms with Crippen LogP contribution in [0.1, 0.15) is 50.4 Å². The van der Waals surface area contributed by atoms with Gasteiger partial charge in [0.2, 0.25) is 10.0 Å². The molecule has 1 aromatic carbocycles. The Bertz CT molecular complexity index is 729. The molecule has 1 unspecified atom stereocenters. The lowest BCUT2D eigenvalue weighted by atomic mass is 9.93. The molecule has 0 spiro atoms. The highest BCUT2D eigenvalue weighted by Crippen LogP contribution is 2.25. The normalized spacial score (nSPS) is 19.3. The molecular weight excluding hydrogens is 350 g/mol. The Morgan fingerprint density at radius 1 is 1.27 bits per heavy atom. The zero-order chi connectivity index (χ0) is 19.5. The number of piperidine rings is 1. The Balaban J connectivity index is 2.16. The van der Waals surface area contributed by atoms with E-state index < -0.39 is 10.0 Å². The molecule has 6 nitrogen and oxygen atoms in total. The summed E-state index contributed by atoms with van der Waals surface area (Å²) in [6, 6.07) is 6.27. The molecule has 1 saturated heterocycles. The fourth-order valence-electron chi connectivity index (χ4n) is 3.33.